The molecule has 1 fully saturated rings. The maximum Gasteiger partial charge on any atom is 0.243 e. The molecule has 7 nitrogen and oxygen atoms in total. The van der Waals surface area contributed by atoms with Gasteiger partial charge >= 0.3 is 0 Å². The lowest BCUT2D eigenvalue weighted by Gasteiger charge is -2.33. The number of carbonyl (C=O) groups is 1. The number of hydrogen-bond donors (Lipinski definition) is 2. The summed E-state index contributed by atoms with van der Waals surface area (Å²) in [6, 6.07) is 0.206. The van der Waals surface area contributed by atoms with Crippen LogP contribution in [0.3, 0.4) is 0 Å². The zero-order chi connectivity index (χ0) is 17.2. The van der Waals surface area contributed by atoms with Gasteiger partial charge in [-0.05, 0) is 24.3 Å². The first kappa shape index (κ1) is 16.4. The number of allylic oxidation sites excluding steroid dienone is 1. The summed E-state index contributed by atoms with van der Waals surface area (Å²) >= 11 is 0. The molecule has 1 aliphatic heterocycles. The Morgan fingerprint density at radius 2 is 2.04 bits per heavy atom. The van der Waals surface area contributed by atoms with Crippen LogP contribution in [0.2, 0.25) is 0 Å². The van der Waals surface area contributed by atoms with Crippen LogP contribution in [0.25, 0.3) is 11.2 Å². The van der Waals surface area contributed by atoms with Crippen molar-refractivity contribution in [2.45, 2.75) is 39.7 Å². The summed E-state index contributed by atoms with van der Waals surface area (Å²) in [4.78, 5) is 30.0. The molecule has 0 spiro atoms. The highest BCUT2D eigenvalue weighted by Crippen LogP contribution is 2.23. The number of hydrogen-bond acceptors (Lipinski definition) is 5. The molecule has 1 saturated heterocycles. The number of rotatable bonds is 3. The Labute approximate surface area is 141 Å². The number of amides is 1. The Balaban J connectivity index is 1.57. The summed E-state index contributed by atoms with van der Waals surface area (Å²) in [5.41, 5.74) is 1.57. The minimum atomic E-state index is -0.0126. The molecule has 24 heavy (non-hydrogen) atoms. The molecule has 0 unspecified atom stereocenters. The van der Waals surface area contributed by atoms with Gasteiger partial charge in [0.05, 0.1) is 6.33 Å². The number of anilines is 1. The van der Waals surface area contributed by atoms with E-state index in [0.717, 1.165) is 37.3 Å². The first-order valence-electron chi connectivity index (χ1n) is 8.31. The number of carbonyl (C=O) groups excluding carboxylic acids is 1. The quantitative estimate of drug-likeness (QED) is 0.842. The van der Waals surface area contributed by atoms with Crippen molar-refractivity contribution in [3.63, 3.8) is 0 Å². The molecule has 1 aliphatic rings. The average Bonchev–Trinajstić information content (AvgIpc) is 3.02. The first-order chi connectivity index (χ1) is 11.4. The number of H-pyrrole nitrogens is 1. The molecule has 0 atom stereocenters. The van der Waals surface area contributed by atoms with Crippen LogP contribution in [0.1, 0.15) is 33.6 Å². The second kappa shape index (κ2) is 6.59. The molecule has 2 aromatic rings. The lowest BCUT2D eigenvalue weighted by Crippen LogP contribution is -2.44. The number of piperidine rings is 1. The molecular formula is C17H24N6O. The van der Waals surface area contributed by atoms with Gasteiger partial charge in [-0.2, -0.15) is 0 Å². The van der Waals surface area contributed by atoms with Crippen molar-refractivity contribution < 1.29 is 4.79 Å². The molecule has 0 aliphatic carbocycles. The van der Waals surface area contributed by atoms with Crippen LogP contribution in [0.15, 0.2) is 24.8 Å². The van der Waals surface area contributed by atoms with Crippen LogP contribution in [-0.4, -0.2) is 45.0 Å². The lowest BCUT2D eigenvalue weighted by atomic mass is 9.96. The van der Waals surface area contributed by atoms with E-state index in [9.17, 15) is 4.79 Å². The van der Waals surface area contributed by atoms with E-state index in [1.165, 1.54) is 0 Å². The SMILES string of the molecule is CC(C)(C)C=CC(=O)NC1CCN(c2ncnc3nc[nH]c23)CC1. The van der Waals surface area contributed by atoms with Gasteiger partial charge in [0, 0.05) is 19.1 Å². The van der Waals surface area contributed by atoms with E-state index in [1.807, 2.05) is 6.08 Å². The monoisotopic (exact) mass is 328 g/mol. The third-order valence-corrected chi connectivity index (χ3v) is 4.08. The molecule has 1 amide bonds. The standard InChI is InChI=1S/C17H24N6O/c1-17(2,3)7-4-13(24)22-12-5-8-23(9-6-12)16-14-15(19-10-18-14)20-11-21-16/h4,7,10-12H,5-6,8-9H2,1-3H3,(H,22,24)(H,18,19,20,21). The zero-order valence-corrected chi connectivity index (χ0v) is 14.4. The summed E-state index contributed by atoms with van der Waals surface area (Å²) in [6.07, 6.45) is 8.56. The van der Waals surface area contributed by atoms with Gasteiger partial charge in [0.15, 0.2) is 11.5 Å². The summed E-state index contributed by atoms with van der Waals surface area (Å²) in [7, 11) is 0. The van der Waals surface area contributed by atoms with Crippen LogP contribution >= 0.6 is 0 Å². The molecule has 0 aromatic carbocycles. The molecule has 0 radical (unpaired) electrons. The van der Waals surface area contributed by atoms with Gasteiger partial charge in [-0.3, -0.25) is 4.79 Å². The fourth-order valence-electron chi connectivity index (χ4n) is 2.80. The van der Waals surface area contributed by atoms with Crippen molar-refractivity contribution in [3.8, 4) is 0 Å². The largest absolute Gasteiger partial charge is 0.355 e. The van der Waals surface area contributed by atoms with Crippen molar-refractivity contribution in [2.75, 3.05) is 18.0 Å². The number of nitrogens with one attached hydrogen (secondary N) is 2. The number of fused-ring (bicyclic) bond motifs is 1. The lowest BCUT2D eigenvalue weighted by molar-refractivity contribution is -0.117. The smallest absolute Gasteiger partial charge is 0.243 e. The van der Waals surface area contributed by atoms with E-state index in [0.29, 0.717) is 5.65 Å². The molecule has 0 saturated carbocycles. The molecule has 0 bridgehead atoms. The van der Waals surface area contributed by atoms with Crippen molar-refractivity contribution in [1.29, 1.82) is 0 Å². The van der Waals surface area contributed by atoms with Gasteiger partial charge in [0.1, 0.15) is 11.8 Å². The molecule has 2 aromatic heterocycles. The summed E-state index contributed by atoms with van der Waals surface area (Å²) in [5.74, 6) is 0.872. The number of nitrogens with zero attached hydrogens (tertiary/aromatic N) is 4. The van der Waals surface area contributed by atoms with Crippen molar-refractivity contribution in [2.24, 2.45) is 5.41 Å². The van der Waals surface area contributed by atoms with Crippen LogP contribution in [0.4, 0.5) is 5.82 Å². The summed E-state index contributed by atoms with van der Waals surface area (Å²) in [5, 5.41) is 3.09. The third kappa shape index (κ3) is 3.90. The molecule has 2 N–H and O–H groups in total. The van der Waals surface area contributed by atoms with Crippen molar-refractivity contribution >= 4 is 22.9 Å². The Bertz CT molecular complexity index is 737. The number of aromatic amines is 1. The van der Waals surface area contributed by atoms with E-state index in [-0.39, 0.29) is 17.4 Å². The molecule has 128 valence electrons. The summed E-state index contributed by atoms with van der Waals surface area (Å²) < 4.78 is 0. The molecule has 7 heteroatoms. The highest BCUT2D eigenvalue weighted by molar-refractivity contribution is 5.87. The van der Waals surface area contributed by atoms with Gasteiger partial charge in [-0.25, -0.2) is 15.0 Å². The number of imidazole rings is 1. The van der Waals surface area contributed by atoms with E-state index in [4.69, 9.17) is 0 Å². The minimum absolute atomic E-state index is 0.0126. The van der Waals surface area contributed by atoms with E-state index in [2.05, 4.69) is 50.9 Å². The normalized spacial score (nSPS) is 16.9. The Kier molecular flexibility index (Phi) is 4.51. The Hall–Kier alpha value is -2.44. The Morgan fingerprint density at radius 3 is 2.75 bits per heavy atom. The van der Waals surface area contributed by atoms with Gasteiger partial charge in [0.25, 0.3) is 0 Å². The second-order valence-electron chi connectivity index (χ2n) is 7.27. The van der Waals surface area contributed by atoms with E-state index >= 15 is 0 Å². The maximum absolute atomic E-state index is 12.0. The van der Waals surface area contributed by atoms with Gasteiger partial charge < -0.3 is 15.2 Å². The Morgan fingerprint density at radius 1 is 1.29 bits per heavy atom. The predicted octanol–water partition coefficient (Wildman–Crippen LogP) is 2.04. The van der Waals surface area contributed by atoms with Gasteiger partial charge in [-0.1, -0.05) is 26.8 Å². The maximum atomic E-state index is 12.0. The second-order valence-corrected chi connectivity index (χ2v) is 7.27. The van der Waals surface area contributed by atoms with Crippen LogP contribution < -0.4 is 10.2 Å². The van der Waals surface area contributed by atoms with Crippen molar-refractivity contribution in [1.82, 2.24) is 25.3 Å². The third-order valence-electron chi connectivity index (χ3n) is 4.08. The summed E-state index contributed by atoms with van der Waals surface area (Å²) in [6.45, 7) is 7.92. The highest BCUT2D eigenvalue weighted by Gasteiger charge is 2.23. The van der Waals surface area contributed by atoms with E-state index < -0.39 is 0 Å². The fourth-order valence-corrected chi connectivity index (χ4v) is 2.80. The van der Waals surface area contributed by atoms with Gasteiger partial charge in [0.2, 0.25) is 5.91 Å². The van der Waals surface area contributed by atoms with Crippen LogP contribution in [0, 0.1) is 5.41 Å². The average molecular weight is 328 g/mol. The fraction of sp³-hybridized carbons (Fsp3) is 0.529. The molecule has 3 heterocycles. The molecular weight excluding hydrogens is 304 g/mol. The van der Waals surface area contributed by atoms with E-state index in [1.54, 1.807) is 18.7 Å². The first-order valence-corrected chi connectivity index (χ1v) is 8.31. The number of aromatic nitrogens is 4. The van der Waals surface area contributed by atoms with Crippen LogP contribution in [-0.2, 0) is 4.79 Å². The molecule has 3 rings (SSSR count). The van der Waals surface area contributed by atoms with Gasteiger partial charge in [-0.15, -0.1) is 0 Å². The van der Waals surface area contributed by atoms with Crippen LogP contribution in [0.5, 0.6) is 0 Å². The van der Waals surface area contributed by atoms with Crippen molar-refractivity contribution in [3.05, 3.63) is 24.8 Å². The highest BCUT2D eigenvalue weighted by atomic mass is 16.1. The topological polar surface area (TPSA) is 86.8 Å². The minimum Gasteiger partial charge on any atom is -0.355 e. The predicted molar refractivity (Wildman–Crippen MR) is 93.7 cm³/mol. The zero-order valence-electron chi connectivity index (χ0n) is 14.4.